The Bertz CT molecular complexity index is 655. The molecule has 2 N–H and O–H groups in total. The van der Waals surface area contributed by atoms with Crippen LogP contribution in [0.4, 0.5) is 5.69 Å². The highest BCUT2D eigenvalue weighted by molar-refractivity contribution is 5.46. The van der Waals surface area contributed by atoms with E-state index >= 15 is 0 Å². The van der Waals surface area contributed by atoms with E-state index in [4.69, 9.17) is 5.11 Å². The summed E-state index contributed by atoms with van der Waals surface area (Å²) in [5.74, 6) is 0. The summed E-state index contributed by atoms with van der Waals surface area (Å²) in [5, 5.41) is 16.8. The van der Waals surface area contributed by atoms with Gasteiger partial charge in [-0.1, -0.05) is 60.7 Å². The number of aliphatic hydroxyl groups is 1. The summed E-state index contributed by atoms with van der Waals surface area (Å²) in [6.07, 6.45) is 3.70. The number of hydrogen-bond acceptors (Lipinski definition) is 3. The molecule has 0 spiro atoms. The highest BCUT2D eigenvalue weighted by Crippen LogP contribution is 2.26. The smallest absolute Gasteiger partial charge is 0.0768 e. The largest absolute Gasteiger partial charge is 0.394 e. The second-order valence-electron chi connectivity index (χ2n) is 5.11. The minimum absolute atomic E-state index is 0.0641. The summed E-state index contributed by atoms with van der Waals surface area (Å²) in [6.45, 7) is 0.588. The molecular formula is C18H19N3O. The molecule has 0 unspecified atom stereocenters. The van der Waals surface area contributed by atoms with Gasteiger partial charge in [0.25, 0.3) is 0 Å². The topological polar surface area (TPSA) is 50.1 Å². The van der Waals surface area contributed by atoms with Crippen LogP contribution in [0.2, 0.25) is 0 Å². The highest BCUT2D eigenvalue weighted by atomic mass is 16.3. The minimum Gasteiger partial charge on any atom is -0.394 e. The van der Waals surface area contributed by atoms with Gasteiger partial charge in [0.15, 0.2) is 0 Å². The SMILES string of the molecule is OCCn1cc(NC(c2ccccc2)c2ccccc2)cn1. The molecule has 0 saturated carbocycles. The number of aromatic nitrogens is 2. The lowest BCUT2D eigenvalue weighted by Gasteiger charge is -2.20. The van der Waals surface area contributed by atoms with Crippen LogP contribution in [0, 0.1) is 0 Å². The van der Waals surface area contributed by atoms with E-state index in [2.05, 4.69) is 34.7 Å². The van der Waals surface area contributed by atoms with Gasteiger partial charge in [-0.2, -0.15) is 5.10 Å². The summed E-state index contributed by atoms with van der Waals surface area (Å²) in [5.41, 5.74) is 3.33. The fourth-order valence-electron chi connectivity index (χ4n) is 2.48. The van der Waals surface area contributed by atoms with Gasteiger partial charge in [0.2, 0.25) is 0 Å². The van der Waals surface area contributed by atoms with Crippen molar-refractivity contribution in [1.82, 2.24) is 9.78 Å². The van der Waals surface area contributed by atoms with Crippen molar-refractivity contribution in [2.24, 2.45) is 0 Å². The molecule has 0 amide bonds. The predicted molar refractivity (Wildman–Crippen MR) is 87.7 cm³/mol. The van der Waals surface area contributed by atoms with E-state index < -0.39 is 0 Å². The summed E-state index contributed by atoms with van der Waals surface area (Å²) in [4.78, 5) is 0. The second-order valence-corrected chi connectivity index (χ2v) is 5.11. The van der Waals surface area contributed by atoms with Crippen LogP contribution in [0.15, 0.2) is 73.1 Å². The quantitative estimate of drug-likeness (QED) is 0.734. The zero-order chi connectivity index (χ0) is 15.2. The normalized spacial score (nSPS) is 10.8. The fourth-order valence-corrected chi connectivity index (χ4v) is 2.48. The number of nitrogens with one attached hydrogen (secondary N) is 1. The van der Waals surface area contributed by atoms with Gasteiger partial charge < -0.3 is 10.4 Å². The van der Waals surface area contributed by atoms with Crippen LogP contribution in [-0.4, -0.2) is 21.5 Å². The summed E-state index contributed by atoms with van der Waals surface area (Å²) in [7, 11) is 0. The summed E-state index contributed by atoms with van der Waals surface area (Å²) in [6, 6.07) is 20.7. The van der Waals surface area contributed by atoms with Crippen molar-refractivity contribution in [1.29, 1.82) is 0 Å². The highest BCUT2D eigenvalue weighted by Gasteiger charge is 2.14. The van der Waals surface area contributed by atoms with Crippen molar-refractivity contribution < 1.29 is 5.11 Å². The summed E-state index contributed by atoms with van der Waals surface area (Å²) < 4.78 is 1.73. The van der Waals surface area contributed by atoms with Crippen molar-refractivity contribution in [3.8, 4) is 0 Å². The van der Waals surface area contributed by atoms with E-state index in [0.717, 1.165) is 5.69 Å². The lowest BCUT2D eigenvalue weighted by Crippen LogP contribution is -2.12. The van der Waals surface area contributed by atoms with Crippen molar-refractivity contribution in [3.63, 3.8) is 0 Å². The Morgan fingerprint density at radius 2 is 1.55 bits per heavy atom. The first kappa shape index (κ1) is 14.4. The molecule has 0 aliphatic rings. The van der Waals surface area contributed by atoms with Crippen LogP contribution in [0.25, 0.3) is 0 Å². The maximum Gasteiger partial charge on any atom is 0.0768 e. The van der Waals surface area contributed by atoms with Crippen LogP contribution < -0.4 is 5.32 Å². The molecule has 0 aliphatic carbocycles. The second kappa shape index (κ2) is 6.91. The first-order chi connectivity index (χ1) is 10.9. The van der Waals surface area contributed by atoms with Crippen LogP contribution in [0.3, 0.4) is 0 Å². The molecule has 0 atom stereocenters. The number of benzene rings is 2. The van der Waals surface area contributed by atoms with Gasteiger partial charge in [-0.3, -0.25) is 4.68 Å². The Kier molecular flexibility index (Phi) is 4.51. The first-order valence-corrected chi connectivity index (χ1v) is 7.36. The molecule has 1 heterocycles. The van der Waals surface area contributed by atoms with Crippen LogP contribution in [0.5, 0.6) is 0 Å². The fraction of sp³-hybridized carbons (Fsp3) is 0.167. The lowest BCUT2D eigenvalue weighted by atomic mass is 9.98. The van der Waals surface area contributed by atoms with Crippen LogP contribution >= 0.6 is 0 Å². The number of anilines is 1. The van der Waals surface area contributed by atoms with Crippen molar-refractivity contribution in [2.45, 2.75) is 12.6 Å². The Labute approximate surface area is 130 Å². The van der Waals surface area contributed by atoms with Gasteiger partial charge in [-0.05, 0) is 11.1 Å². The molecule has 0 saturated heterocycles. The molecule has 0 bridgehead atoms. The third kappa shape index (κ3) is 3.35. The van der Waals surface area contributed by atoms with Gasteiger partial charge in [-0.15, -0.1) is 0 Å². The van der Waals surface area contributed by atoms with Gasteiger partial charge >= 0.3 is 0 Å². The Hall–Kier alpha value is -2.59. The third-order valence-electron chi connectivity index (χ3n) is 3.54. The van der Waals surface area contributed by atoms with Crippen molar-refractivity contribution >= 4 is 5.69 Å². The molecule has 22 heavy (non-hydrogen) atoms. The molecule has 112 valence electrons. The van der Waals surface area contributed by atoms with Crippen molar-refractivity contribution in [3.05, 3.63) is 84.2 Å². The van der Waals surface area contributed by atoms with E-state index in [9.17, 15) is 0 Å². The van der Waals surface area contributed by atoms with Gasteiger partial charge in [0.1, 0.15) is 0 Å². The first-order valence-electron chi connectivity index (χ1n) is 7.36. The average Bonchev–Trinajstić information content (AvgIpc) is 3.02. The van der Waals surface area contributed by atoms with Gasteiger partial charge in [0.05, 0.1) is 31.1 Å². The molecule has 4 heteroatoms. The molecule has 3 rings (SSSR count). The predicted octanol–water partition coefficient (Wildman–Crippen LogP) is 3.08. The standard InChI is InChI=1S/C18H19N3O/c22-12-11-21-14-17(13-19-21)20-18(15-7-3-1-4-8-15)16-9-5-2-6-10-16/h1-10,13-14,18,20,22H,11-12H2. The van der Waals surface area contributed by atoms with E-state index in [-0.39, 0.29) is 12.6 Å². The Morgan fingerprint density at radius 3 is 2.09 bits per heavy atom. The van der Waals surface area contributed by atoms with E-state index in [0.29, 0.717) is 6.54 Å². The zero-order valence-electron chi connectivity index (χ0n) is 12.3. The number of hydrogen-bond donors (Lipinski definition) is 2. The number of nitrogens with zero attached hydrogens (tertiary/aromatic N) is 2. The number of aliphatic hydroxyl groups excluding tert-OH is 1. The van der Waals surface area contributed by atoms with E-state index in [1.54, 1.807) is 10.9 Å². The third-order valence-corrected chi connectivity index (χ3v) is 3.54. The lowest BCUT2D eigenvalue weighted by molar-refractivity contribution is 0.269. The molecule has 4 nitrogen and oxygen atoms in total. The summed E-state index contributed by atoms with van der Waals surface area (Å²) >= 11 is 0. The molecule has 2 aromatic carbocycles. The minimum atomic E-state index is 0.0641. The average molecular weight is 293 g/mol. The van der Waals surface area contributed by atoms with Gasteiger partial charge in [0, 0.05) is 6.20 Å². The Morgan fingerprint density at radius 1 is 0.955 bits per heavy atom. The zero-order valence-corrected chi connectivity index (χ0v) is 12.3. The van der Waals surface area contributed by atoms with Crippen LogP contribution in [-0.2, 0) is 6.54 Å². The molecule has 0 aliphatic heterocycles. The van der Waals surface area contributed by atoms with Crippen molar-refractivity contribution in [2.75, 3.05) is 11.9 Å². The molecule has 1 aromatic heterocycles. The molecule has 3 aromatic rings. The van der Waals surface area contributed by atoms with E-state index in [1.807, 2.05) is 42.6 Å². The Balaban J connectivity index is 1.88. The van der Waals surface area contributed by atoms with Crippen LogP contribution in [0.1, 0.15) is 17.2 Å². The molecule has 0 fully saturated rings. The maximum absolute atomic E-state index is 8.99. The maximum atomic E-state index is 8.99. The van der Waals surface area contributed by atoms with Gasteiger partial charge in [-0.25, -0.2) is 0 Å². The molecule has 0 radical (unpaired) electrons. The molecular weight excluding hydrogens is 274 g/mol. The van der Waals surface area contributed by atoms with E-state index in [1.165, 1.54) is 11.1 Å². The monoisotopic (exact) mass is 293 g/mol. The number of rotatable bonds is 6.